The molecule has 0 aromatic heterocycles. The van der Waals surface area contributed by atoms with Crippen LogP contribution < -0.4 is 4.72 Å². The molecule has 0 spiro atoms. The van der Waals surface area contributed by atoms with E-state index in [1.54, 1.807) is 18.4 Å². The molecule has 1 aromatic rings. The van der Waals surface area contributed by atoms with Crippen molar-refractivity contribution in [3.63, 3.8) is 0 Å². The largest absolute Gasteiger partial charge is 0.481 e. The second-order valence-corrected chi connectivity index (χ2v) is 6.93. The molecule has 8 heteroatoms. The zero-order valence-corrected chi connectivity index (χ0v) is 12.6. The molecule has 0 aliphatic heterocycles. The summed E-state index contributed by atoms with van der Waals surface area (Å²) in [4.78, 5) is 10.6. The second kappa shape index (κ2) is 7.14. The number of hydrogen-bond acceptors (Lipinski definition) is 4. The molecule has 0 aliphatic carbocycles. The first-order chi connectivity index (χ1) is 8.85. The fourth-order valence-corrected chi connectivity index (χ4v) is 3.87. The molecule has 0 radical (unpaired) electrons. The average Bonchev–Trinajstić information content (AvgIpc) is 2.34. The van der Waals surface area contributed by atoms with Gasteiger partial charge in [-0.3, -0.25) is 4.79 Å². The van der Waals surface area contributed by atoms with Crippen LogP contribution >= 0.6 is 23.4 Å². The average molecular weight is 324 g/mol. The van der Waals surface area contributed by atoms with Crippen LogP contribution in [0.5, 0.6) is 0 Å². The van der Waals surface area contributed by atoms with Gasteiger partial charge in [-0.25, -0.2) is 8.42 Å². The quantitative estimate of drug-likeness (QED) is 0.751. The Labute approximate surface area is 121 Å². The molecule has 2 N–H and O–H groups in total. The van der Waals surface area contributed by atoms with Gasteiger partial charge in [0.1, 0.15) is 0 Å². The maximum Gasteiger partial charge on any atom is 0.303 e. The summed E-state index contributed by atoms with van der Waals surface area (Å²) in [5.74, 6) is -0.957. The Bertz CT molecular complexity index is 547. The highest BCUT2D eigenvalue weighted by atomic mass is 35.5. The van der Waals surface area contributed by atoms with E-state index in [-0.39, 0.29) is 17.7 Å². The van der Waals surface area contributed by atoms with Crippen LogP contribution in [0.1, 0.15) is 12.8 Å². The first kappa shape index (κ1) is 16.3. The van der Waals surface area contributed by atoms with Gasteiger partial charge in [0.05, 0.1) is 10.3 Å². The second-order valence-electron chi connectivity index (χ2n) is 3.74. The number of carboxylic acids is 1. The molecule has 0 heterocycles. The van der Waals surface area contributed by atoms with Crippen LogP contribution in [0.4, 0.5) is 0 Å². The van der Waals surface area contributed by atoms with E-state index in [2.05, 4.69) is 4.72 Å². The van der Waals surface area contributed by atoms with Gasteiger partial charge >= 0.3 is 5.97 Å². The summed E-state index contributed by atoms with van der Waals surface area (Å²) in [6, 6.07) is 5.90. The standard InChI is InChI=1S/C11H14ClNO4S2/c1-18-10(5-6-11(14)15)13-19(16,17)9-4-2-3-8(12)7-9/h2-4,7,10,13H,5-6H2,1H3,(H,14,15)/t10-/m1/s1. The molecule has 106 valence electrons. The Hall–Kier alpha value is -0.760. The molecule has 5 nitrogen and oxygen atoms in total. The minimum Gasteiger partial charge on any atom is -0.481 e. The highest BCUT2D eigenvalue weighted by Crippen LogP contribution is 2.18. The van der Waals surface area contributed by atoms with Crippen molar-refractivity contribution in [2.45, 2.75) is 23.1 Å². The van der Waals surface area contributed by atoms with Gasteiger partial charge in [0, 0.05) is 11.4 Å². The Kier molecular flexibility index (Phi) is 6.12. The topological polar surface area (TPSA) is 83.5 Å². The molecule has 1 atom stereocenters. The van der Waals surface area contributed by atoms with Gasteiger partial charge in [-0.15, -0.1) is 11.8 Å². The number of benzene rings is 1. The lowest BCUT2D eigenvalue weighted by Gasteiger charge is -2.15. The third-order valence-electron chi connectivity index (χ3n) is 2.30. The number of carbonyl (C=O) groups is 1. The van der Waals surface area contributed by atoms with E-state index in [0.29, 0.717) is 5.02 Å². The van der Waals surface area contributed by atoms with E-state index in [1.807, 2.05) is 0 Å². The molecule has 19 heavy (non-hydrogen) atoms. The zero-order valence-electron chi connectivity index (χ0n) is 10.2. The van der Waals surface area contributed by atoms with E-state index in [0.717, 1.165) is 0 Å². The SMILES string of the molecule is CS[C@H](CCC(=O)O)NS(=O)(=O)c1cccc(Cl)c1. The highest BCUT2D eigenvalue weighted by molar-refractivity contribution is 8.00. The smallest absolute Gasteiger partial charge is 0.303 e. The summed E-state index contributed by atoms with van der Waals surface area (Å²) < 4.78 is 26.6. The molecule has 0 saturated carbocycles. The lowest BCUT2D eigenvalue weighted by Crippen LogP contribution is -2.32. The van der Waals surface area contributed by atoms with Crippen molar-refractivity contribution < 1.29 is 18.3 Å². The molecular formula is C11H14ClNO4S2. The van der Waals surface area contributed by atoms with Gasteiger partial charge in [-0.2, -0.15) is 4.72 Å². The molecule has 0 bridgehead atoms. The number of sulfonamides is 1. The third-order valence-corrected chi connectivity index (χ3v) is 5.07. The number of aliphatic carboxylic acids is 1. The molecule has 0 unspecified atom stereocenters. The van der Waals surface area contributed by atoms with Crippen molar-refractivity contribution in [2.24, 2.45) is 0 Å². The minimum absolute atomic E-state index is 0.0642. The van der Waals surface area contributed by atoms with Crippen LogP contribution in [0.15, 0.2) is 29.2 Å². The van der Waals surface area contributed by atoms with Gasteiger partial charge in [0.25, 0.3) is 0 Å². The van der Waals surface area contributed by atoms with Crippen LogP contribution in [-0.4, -0.2) is 31.1 Å². The predicted molar refractivity (Wildman–Crippen MR) is 75.9 cm³/mol. The van der Waals surface area contributed by atoms with Crippen LogP contribution in [0.3, 0.4) is 0 Å². The fourth-order valence-electron chi connectivity index (χ4n) is 1.35. The fraction of sp³-hybridized carbons (Fsp3) is 0.364. The molecule has 0 fully saturated rings. The number of halogens is 1. The molecule has 0 saturated heterocycles. The summed E-state index contributed by atoms with van der Waals surface area (Å²) in [7, 11) is -3.69. The first-order valence-electron chi connectivity index (χ1n) is 5.37. The van der Waals surface area contributed by atoms with E-state index >= 15 is 0 Å². The highest BCUT2D eigenvalue weighted by Gasteiger charge is 2.20. The van der Waals surface area contributed by atoms with E-state index < -0.39 is 21.4 Å². The van der Waals surface area contributed by atoms with Gasteiger partial charge < -0.3 is 5.11 Å². The van der Waals surface area contributed by atoms with Crippen LogP contribution in [0, 0.1) is 0 Å². The number of nitrogens with one attached hydrogen (secondary N) is 1. The van der Waals surface area contributed by atoms with Crippen LogP contribution in [-0.2, 0) is 14.8 Å². The van der Waals surface area contributed by atoms with Gasteiger partial charge in [0.2, 0.25) is 10.0 Å². The number of rotatable bonds is 7. The third kappa shape index (κ3) is 5.40. The first-order valence-corrected chi connectivity index (χ1v) is 8.52. The number of carboxylic acid groups (broad SMARTS) is 1. The Morgan fingerprint density at radius 2 is 2.21 bits per heavy atom. The van der Waals surface area contributed by atoms with E-state index in [9.17, 15) is 13.2 Å². The van der Waals surface area contributed by atoms with E-state index in [1.165, 1.54) is 23.9 Å². The maximum atomic E-state index is 12.1. The van der Waals surface area contributed by atoms with Crippen LogP contribution in [0.2, 0.25) is 5.02 Å². The predicted octanol–water partition coefficient (Wildman–Crippen LogP) is 2.17. The van der Waals surface area contributed by atoms with Crippen molar-refractivity contribution in [2.75, 3.05) is 6.26 Å². The summed E-state index contributed by atoms with van der Waals surface area (Å²) in [5.41, 5.74) is 0. The summed E-state index contributed by atoms with van der Waals surface area (Å²) in [6.45, 7) is 0. The normalized spacial score (nSPS) is 13.2. The summed E-state index contributed by atoms with van der Waals surface area (Å²) >= 11 is 7.00. The lowest BCUT2D eigenvalue weighted by atomic mass is 10.3. The zero-order chi connectivity index (χ0) is 14.5. The number of thioether (sulfide) groups is 1. The van der Waals surface area contributed by atoms with Crippen LogP contribution in [0.25, 0.3) is 0 Å². The summed E-state index contributed by atoms with van der Waals surface area (Å²) in [5, 5.41) is 8.45. The Balaban J connectivity index is 2.80. The molecule has 1 aromatic carbocycles. The van der Waals surface area contributed by atoms with Crippen molar-refractivity contribution in [1.29, 1.82) is 0 Å². The Morgan fingerprint density at radius 1 is 1.53 bits per heavy atom. The van der Waals surface area contributed by atoms with Crippen molar-refractivity contribution in [3.8, 4) is 0 Å². The van der Waals surface area contributed by atoms with Crippen molar-refractivity contribution >= 4 is 39.4 Å². The van der Waals surface area contributed by atoms with Gasteiger partial charge in [-0.05, 0) is 30.9 Å². The molecule has 0 aliphatic rings. The minimum atomic E-state index is -3.69. The maximum absolute atomic E-state index is 12.1. The summed E-state index contributed by atoms with van der Waals surface area (Å²) in [6.07, 6.45) is 1.84. The van der Waals surface area contributed by atoms with Gasteiger partial charge in [0.15, 0.2) is 0 Å². The molecule has 0 amide bonds. The monoisotopic (exact) mass is 323 g/mol. The van der Waals surface area contributed by atoms with E-state index in [4.69, 9.17) is 16.7 Å². The van der Waals surface area contributed by atoms with Crippen molar-refractivity contribution in [1.82, 2.24) is 4.72 Å². The van der Waals surface area contributed by atoms with Gasteiger partial charge in [-0.1, -0.05) is 17.7 Å². The lowest BCUT2D eigenvalue weighted by molar-refractivity contribution is -0.137. The Morgan fingerprint density at radius 3 is 2.74 bits per heavy atom. The number of hydrogen-bond donors (Lipinski definition) is 2. The molecule has 1 rings (SSSR count). The van der Waals surface area contributed by atoms with Crippen molar-refractivity contribution in [3.05, 3.63) is 29.3 Å². The molecular weight excluding hydrogens is 310 g/mol.